The number of nitrogens with zero attached hydrogens (tertiary/aromatic N) is 2. The molecule has 0 amide bonds. The summed E-state index contributed by atoms with van der Waals surface area (Å²) in [6, 6.07) is 16.5. The largest absolute Gasteiger partial charge is 0.497 e. The fourth-order valence-corrected chi connectivity index (χ4v) is 4.73. The van der Waals surface area contributed by atoms with Crippen LogP contribution in [0.5, 0.6) is 11.5 Å². The van der Waals surface area contributed by atoms with E-state index in [9.17, 15) is 0 Å². The van der Waals surface area contributed by atoms with E-state index < -0.39 is 0 Å². The lowest BCUT2D eigenvalue weighted by Gasteiger charge is -2.33. The van der Waals surface area contributed by atoms with Crippen LogP contribution in [-0.4, -0.2) is 43.6 Å². The molecule has 1 aliphatic rings. The Balaban J connectivity index is 1.50. The first-order chi connectivity index (χ1) is 15.1. The zero-order valence-corrected chi connectivity index (χ0v) is 19.8. The van der Waals surface area contributed by atoms with Crippen molar-refractivity contribution in [2.75, 3.05) is 33.6 Å². The van der Waals surface area contributed by atoms with Crippen LogP contribution in [0, 0.1) is 5.92 Å². The minimum absolute atomic E-state index is 0.701. The Labute approximate surface area is 191 Å². The molecule has 0 spiro atoms. The van der Waals surface area contributed by atoms with Gasteiger partial charge in [0.2, 0.25) is 0 Å². The summed E-state index contributed by atoms with van der Waals surface area (Å²) in [4.78, 5) is 7.29. The summed E-state index contributed by atoms with van der Waals surface area (Å²) < 4.78 is 10.7. The van der Waals surface area contributed by atoms with Crippen molar-refractivity contribution in [1.82, 2.24) is 4.90 Å². The summed E-state index contributed by atoms with van der Waals surface area (Å²) in [7, 11) is 3.42. The van der Waals surface area contributed by atoms with Crippen LogP contribution in [0.15, 0.2) is 65.8 Å². The molecule has 0 radical (unpaired) electrons. The first-order valence-corrected chi connectivity index (χ1v) is 12.2. The average Bonchev–Trinajstić information content (AvgIpc) is 2.82. The molecule has 4 nitrogen and oxygen atoms in total. The first kappa shape index (κ1) is 23.3. The molecule has 2 aromatic carbocycles. The molecule has 5 heteroatoms. The highest BCUT2D eigenvalue weighted by Crippen LogP contribution is 2.26. The Morgan fingerprint density at radius 1 is 1.06 bits per heavy atom. The fraction of sp³-hybridized carbons (Fsp3) is 0.423. The molecule has 1 saturated heterocycles. The number of likely N-dealkylation sites (tertiary alicyclic amines) is 1. The van der Waals surface area contributed by atoms with Gasteiger partial charge in [0.05, 0.1) is 14.2 Å². The van der Waals surface area contributed by atoms with E-state index in [1.807, 2.05) is 18.2 Å². The third-order valence-corrected chi connectivity index (χ3v) is 6.62. The number of hydrogen-bond donors (Lipinski definition) is 0. The number of piperidine rings is 1. The van der Waals surface area contributed by atoms with Crippen LogP contribution >= 0.6 is 11.8 Å². The average molecular weight is 439 g/mol. The zero-order valence-electron chi connectivity index (χ0n) is 19.0. The molecular formula is C26H34N2O2S. The molecule has 0 atom stereocenters. The predicted molar refractivity (Wildman–Crippen MR) is 132 cm³/mol. The Morgan fingerprint density at radius 3 is 2.42 bits per heavy atom. The Morgan fingerprint density at radius 2 is 1.77 bits per heavy atom. The molecule has 31 heavy (non-hydrogen) atoms. The summed E-state index contributed by atoms with van der Waals surface area (Å²) >= 11 is 1.71. The van der Waals surface area contributed by atoms with E-state index in [4.69, 9.17) is 14.5 Å². The van der Waals surface area contributed by atoms with Crippen LogP contribution in [0.1, 0.15) is 30.4 Å². The van der Waals surface area contributed by atoms with Gasteiger partial charge in [-0.15, -0.1) is 0 Å². The van der Waals surface area contributed by atoms with Gasteiger partial charge in [0.1, 0.15) is 11.5 Å². The van der Waals surface area contributed by atoms with Crippen LogP contribution in [0.3, 0.4) is 0 Å². The molecule has 1 heterocycles. The smallest absolute Gasteiger partial charge is 0.163 e. The van der Waals surface area contributed by atoms with Crippen molar-refractivity contribution in [3.05, 3.63) is 71.9 Å². The number of amidine groups is 1. The van der Waals surface area contributed by atoms with Crippen molar-refractivity contribution >= 4 is 16.9 Å². The lowest BCUT2D eigenvalue weighted by Crippen LogP contribution is -2.37. The van der Waals surface area contributed by atoms with Gasteiger partial charge in [0.25, 0.3) is 0 Å². The van der Waals surface area contributed by atoms with Crippen LogP contribution < -0.4 is 9.47 Å². The summed E-state index contributed by atoms with van der Waals surface area (Å²) in [6.45, 7) is 6.34. The second kappa shape index (κ2) is 11.8. The van der Waals surface area contributed by atoms with Gasteiger partial charge < -0.3 is 14.4 Å². The van der Waals surface area contributed by atoms with Gasteiger partial charge in [0.15, 0.2) is 5.17 Å². The van der Waals surface area contributed by atoms with E-state index in [0.717, 1.165) is 53.4 Å². The molecule has 1 fully saturated rings. The van der Waals surface area contributed by atoms with Gasteiger partial charge in [-0.25, -0.2) is 4.99 Å². The van der Waals surface area contributed by atoms with Crippen molar-refractivity contribution in [1.29, 1.82) is 0 Å². The summed E-state index contributed by atoms with van der Waals surface area (Å²) in [5, 5.41) is 1.08. The highest BCUT2D eigenvalue weighted by Gasteiger charge is 2.21. The predicted octanol–water partition coefficient (Wildman–Crippen LogP) is 5.82. The van der Waals surface area contributed by atoms with E-state index in [2.05, 4.69) is 48.1 Å². The molecule has 0 saturated carbocycles. The maximum atomic E-state index is 5.46. The number of aliphatic imine (C=N–C) groups is 1. The maximum absolute atomic E-state index is 5.46. The minimum Gasteiger partial charge on any atom is -0.497 e. The normalized spacial score (nSPS) is 15.1. The van der Waals surface area contributed by atoms with E-state index in [0.29, 0.717) is 6.42 Å². The first-order valence-electron chi connectivity index (χ1n) is 10.9. The summed E-state index contributed by atoms with van der Waals surface area (Å²) in [5.41, 5.74) is 3.38. The minimum atomic E-state index is 0.701. The van der Waals surface area contributed by atoms with Crippen LogP contribution in [0.25, 0.3) is 0 Å². The third kappa shape index (κ3) is 6.79. The molecule has 0 N–H and O–H groups in total. The van der Waals surface area contributed by atoms with Gasteiger partial charge in [-0.1, -0.05) is 48.7 Å². The molecule has 1 aliphatic heterocycles. The number of hydrogen-bond acceptors (Lipinski definition) is 4. The Kier molecular flexibility index (Phi) is 8.89. The lowest BCUT2D eigenvalue weighted by molar-refractivity contribution is 0.259. The Bertz CT molecular complexity index is 871. The molecule has 0 unspecified atom stereocenters. The number of thioether (sulfide) groups is 1. The number of aryl methyl sites for hydroxylation is 1. The van der Waals surface area contributed by atoms with Gasteiger partial charge >= 0.3 is 0 Å². The lowest BCUT2D eigenvalue weighted by atomic mass is 9.91. The summed E-state index contributed by atoms with van der Waals surface area (Å²) in [5.74, 6) is 2.59. The van der Waals surface area contributed by atoms with E-state index in [-0.39, 0.29) is 0 Å². The van der Waals surface area contributed by atoms with Crippen molar-refractivity contribution in [3.8, 4) is 11.5 Å². The molecule has 166 valence electrons. The van der Waals surface area contributed by atoms with E-state index in [1.165, 1.54) is 24.8 Å². The number of benzene rings is 2. The monoisotopic (exact) mass is 438 g/mol. The quantitative estimate of drug-likeness (QED) is 0.384. The van der Waals surface area contributed by atoms with Crippen molar-refractivity contribution in [2.45, 2.75) is 32.1 Å². The number of ether oxygens (including phenoxy) is 2. The van der Waals surface area contributed by atoms with Crippen molar-refractivity contribution in [2.24, 2.45) is 10.9 Å². The highest BCUT2D eigenvalue weighted by molar-refractivity contribution is 8.13. The topological polar surface area (TPSA) is 34.1 Å². The van der Waals surface area contributed by atoms with Crippen LogP contribution in [0.2, 0.25) is 0 Å². The van der Waals surface area contributed by atoms with E-state index in [1.54, 1.807) is 26.0 Å². The third-order valence-electron chi connectivity index (χ3n) is 5.91. The fourth-order valence-electron chi connectivity index (χ4n) is 4.07. The second-order valence-electron chi connectivity index (χ2n) is 7.97. The standard InChI is InChI=1S/C26H34N2O2S/c1-20(19-23-7-5-6-8-25(23)30-3)27-26(31-4)28-17-15-22(16-18-28)10-9-21-11-13-24(29-2)14-12-21/h5-8,11-14,22H,1,9-10,15-19H2,2-4H3. The van der Waals surface area contributed by atoms with E-state index >= 15 is 0 Å². The van der Waals surface area contributed by atoms with Gasteiger partial charge in [0, 0.05) is 30.8 Å². The van der Waals surface area contributed by atoms with Gasteiger partial charge in [-0.3, -0.25) is 0 Å². The van der Waals surface area contributed by atoms with Gasteiger partial charge in [-0.2, -0.15) is 0 Å². The number of methoxy groups -OCH3 is 2. The molecule has 0 aliphatic carbocycles. The number of rotatable bonds is 8. The zero-order chi connectivity index (χ0) is 22.1. The second-order valence-corrected chi connectivity index (χ2v) is 8.74. The number of para-hydroxylation sites is 1. The summed E-state index contributed by atoms with van der Waals surface area (Å²) in [6.07, 6.45) is 7.61. The maximum Gasteiger partial charge on any atom is 0.163 e. The molecular weight excluding hydrogens is 404 g/mol. The van der Waals surface area contributed by atoms with Crippen molar-refractivity contribution < 1.29 is 9.47 Å². The number of allylic oxidation sites excluding steroid dienone is 1. The molecule has 0 bridgehead atoms. The SMILES string of the molecule is C=C(Cc1ccccc1OC)N=C(SC)N1CCC(CCc2ccc(OC)cc2)CC1. The molecule has 3 rings (SSSR count). The molecule has 0 aromatic heterocycles. The van der Waals surface area contributed by atoms with Crippen LogP contribution in [-0.2, 0) is 12.8 Å². The molecule has 2 aromatic rings. The van der Waals surface area contributed by atoms with Crippen LogP contribution in [0.4, 0.5) is 0 Å². The highest BCUT2D eigenvalue weighted by atomic mass is 32.2. The van der Waals surface area contributed by atoms with Crippen molar-refractivity contribution in [3.63, 3.8) is 0 Å². The Hall–Kier alpha value is -2.40. The van der Waals surface area contributed by atoms with Gasteiger partial charge in [-0.05, 0) is 61.6 Å².